The van der Waals surface area contributed by atoms with E-state index >= 15 is 0 Å². The first kappa shape index (κ1) is 14.5. The average Bonchev–Trinajstić information content (AvgIpc) is 3.09. The van der Waals surface area contributed by atoms with Crippen LogP contribution in [-0.2, 0) is 16.6 Å². The van der Waals surface area contributed by atoms with Gasteiger partial charge in [-0.15, -0.1) is 17.8 Å². The lowest BCUT2D eigenvalue weighted by atomic mass is 10.4. The van der Waals surface area contributed by atoms with Crippen LogP contribution in [0.1, 0.15) is 24.6 Å². The predicted molar refractivity (Wildman–Crippen MR) is 77.4 cm³/mol. The first-order valence-electron chi connectivity index (χ1n) is 6.33. The topological polar surface area (TPSA) is 49.4 Å². The molecule has 0 spiro atoms. The molecule has 2 rings (SSSR count). The van der Waals surface area contributed by atoms with E-state index in [4.69, 9.17) is 6.42 Å². The van der Waals surface area contributed by atoms with Crippen LogP contribution in [0.3, 0.4) is 0 Å². The SMILES string of the molecule is C#CCN(CC)S(=O)(=O)c1ccc(CNC2CC2)s1. The van der Waals surface area contributed by atoms with Gasteiger partial charge in [0.2, 0.25) is 0 Å². The molecule has 1 fully saturated rings. The highest BCUT2D eigenvalue weighted by Gasteiger charge is 2.25. The lowest BCUT2D eigenvalue weighted by Gasteiger charge is -2.16. The molecule has 0 radical (unpaired) electrons. The van der Waals surface area contributed by atoms with E-state index in [2.05, 4.69) is 11.2 Å². The largest absolute Gasteiger partial charge is 0.309 e. The van der Waals surface area contributed by atoms with Crippen molar-refractivity contribution >= 4 is 21.4 Å². The van der Waals surface area contributed by atoms with Gasteiger partial charge in [0.25, 0.3) is 10.0 Å². The molecule has 0 unspecified atom stereocenters. The minimum atomic E-state index is -3.43. The van der Waals surface area contributed by atoms with Crippen LogP contribution in [0.4, 0.5) is 0 Å². The third-order valence-corrected chi connectivity index (χ3v) is 6.47. The second kappa shape index (κ2) is 6.06. The van der Waals surface area contributed by atoms with E-state index in [-0.39, 0.29) is 6.54 Å². The van der Waals surface area contributed by atoms with Crippen LogP contribution in [0, 0.1) is 12.3 Å². The Hall–Kier alpha value is -0.870. The maximum Gasteiger partial charge on any atom is 0.253 e. The number of nitrogens with zero attached hydrogens (tertiary/aromatic N) is 1. The number of terminal acetylenes is 1. The monoisotopic (exact) mass is 298 g/mol. The molecule has 0 aliphatic heterocycles. The van der Waals surface area contributed by atoms with Crippen molar-refractivity contribution in [1.82, 2.24) is 9.62 Å². The van der Waals surface area contributed by atoms with Crippen LogP contribution in [-0.4, -0.2) is 31.9 Å². The molecular formula is C13H18N2O2S2. The quantitative estimate of drug-likeness (QED) is 0.779. The van der Waals surface area contributed by atoms with E-state index in [9.17, 15) is 8.42 Å². The second-order valence-electron chi connectivity index (χ2n) is 4.51. The van der Waals surface area contributed by atoms with Crippen LogP contribution in [0.5, 0.6) is 0 Å². The van der Waals surface area contributed by atoms with Crippen molar-refractivity contribution in [2.45, 2.75) is 36.6 Å². The van der Waals surface area contributed by atoms with Gasteiger partial charge >= 0.3 is 0 Å². The number of thiophene rings is 1. The average molecular weight is 298 g/mol. The van der Waals surface area contributed by atoms with Gasteiger partial charge in [-0.05, 0) is 25.0 Å². The summed E-state index contributed by atoms with van der Waals surface area (Å²) in [6, 6.07) is 4.16. The smallest absolute Gasteiger partial charge is 0.253 e. The molecule has 6 heteroatoms. The number of hydrogen-bond donors (Lipinski definition) is 1. The summed E-state index contributed by atoms with van der Waals surface area (Å²) in [4.78, 5) is 1.04. The van der Waals surface area contributed by atoms with Gasteiger partial charge in [-0.3, -0.25) is 0 Å². The minimum absolute atomic E-state index is 0.117. The van der Waals surface area contributed by atoms with Gasteiger partial charge in [-0.1, -0.05) is 12.8 Å². The molecule has 4 nitrogen and oxygen atoms in total. The van der Waals surface area contributed by atoms with Crippen molar-refractivity contribution in [3.8, 4) is 12.3 Å². The van der Waals surface area contributed by atoms with Crippen molar-refractivity contribution in [3.63, 3.8) is 0 Å². The fourth-order valence-electron chi connectivity index (χ4n) is 1.72. The summed E-state index contributed by atoms with van der Waals surface area (Å²) in [6.07, 6.45) is 7.66. The van der Waals surface area contributed by atoms with Crippen molar-refractivity contribution in [2.24, 2.45) is 0 Å². The number of nitrogens with one attached hydrogen (secondary N) is 1. The van der Waals surface area contributed by atoms with Gasteiger partial charge in [0, 0.05) is 24.0 Å². The lowest BCUT2D eigenvalue weighted by molar-refractivity contribution is 0.466. The summed E-state index contributed by atoms with van der Waals surface area (Å²) in [7, 11) is -3.43. The van der Waals surface area contributed by atoms with Gasteiger partial charge in [-0.25, -0.2) is 8.42 Å². The minimum Gasteiger partial charge on any atom is -0.309 e. The normalized spacial score (nSPS) is 15.6. The summed E-state index contributed by atoms with van der Waals surface area (Å²) in [6.45, 7) is 3.04. The first-order chi connectivity index (χ1) is 9.07. The van der Waals surface area contributed by atoms with E-state index in [1.807, 2.05) is 6.07 Å². The Bertz CT molecular complexity index is 568. The van der Waals surface area contributed by atoms with Crippen molar-refractivity contribution in [3.05, 3.63) is 17.0 Å². The molecule has 1 aliphatic rings. The third kappa shape index (κ3) is 3.57. The molecule has 0 amide bonds. The molecule has 1 saturated carbocycles. The van der Waals surface area contributed by atoms with Crippen LogP contribution in [0.25, 0.3) is 0 Å². The lowest BCUT2D eigenvalue weighted by Crippen LogP contribution is -2.30. The Labute approximate surface area is 118 Å². The summed E-state index contributed by atoms with van der Waals surface area (Å²) >= 11 is 1.32. The molecule has 104 valence electrons. The maximum absolute atomic E-state index is 12.3. The van der Waals surface area contributed by atoms with Crippen molar-refractivity contribution in [1.29, 1.82) is 0 Å². The fraction of sp³-hybridized carbons (Fsp3) is 0.538. The van der Waals surface area contributed by atoms with Crippen molar-refractivity contribution in [2.75, 3.05) is 13.1 Å². The van der Waals surface area contributed by atoms with Crippen LogP contribution in [0.15, 0.2) is 16.3 Å². The molecule has 1 aliphatic carbocycles. The summed E-state index contributed by atoms with van der Waals surface area (Å²) in [5, 5.41) is 3.38. The Morgan fingerprint density at radius 2 is 2.26 bits per heavy atom. The van der Waals surface area contributed by atoms with Gasteiger partial charge in [0.05, 0.1) is 6.54 Å². The highest BCUT2D eigenvalue weighted by molar-refractivity contribution is 7.91. The van der Waals surface area contributed by atoms with Gasteiger partial charge in [-0.2, -0.15) is 4.31 Å². The Balaban J connectivity index is 2.08. The number of hydrogen-bond acceptors (Lipinski definition) is 4. The Morgan fingerprint density at radius 3 is 2.84 bits per heavy atom. The third-order valence-electron chi connectivity index (χ3n) is 2.99. The molecule has 1 aromatic heterocycles. The zero-order valence-electron chi connectivity index (χ0n) is 10.9. The van der Waals surface area contributed by atoms with E-state index < -0.39 is 10.0 Å². The van der Waals surface area contributed by atoms with Gasteiger partial charge in [0.15, 0.2) is 0 Å². The Kier molecular flexibility index (Phi) is 4.63. The zero-order valence-corrected chi connectivity index (χ0v) is 12.6. The molecule has 1 aromatic rings. The van der Waals surface area contributed by atoms with Crippen LogP contribution < -0.4 is 5.32 Å². The van der Waals surface area contributed by atoms with Crippen LogP contribution >= 0.6 is 11.3 Å². The number of sulfonamides is 1. The Morgan fingerprint density at radius 1 is 1.53 bits per heavy atom. The second-order valence-corrected chi connectivity index (χ2v) is 7.84. The highest BCUT2D eigenvalue weighted by atomic mass is 32.2. The molecule has 0 aromatic carbocycles. The fourth-order valence-corrected chi connectivity index (χ4v) is 4.54. The van der Waals surface area contributed by atoms with Crippen molar-refractivity contribution < 1.29 is 8.42 Å². The van der Waals surface area contributed by atoms with Crippen LogP contribution in [0.2, 0.25) is 0 Å². The van der Waals surface area contributed by atoms with E-state index in [0.29, 0.717) is 16.8 Å². The predicted octanol–water partition coefficient (Wildman–Crippen LogP) is 1.64. The molecular weight excluding hydrogens is 280 g/mol. The van der Waals surface area contributed by atoms with E-state index in [1.54, 1.807) is 13.0 Å². The summed E-state index contributed by atoms with van der Waals surface area (Å²) < 4.78 is 26.4. The molecule has 19 heavy (non-hydrogen) atoms. The van der Waals surface area contributed by atoms with Gasteiger partial charge in [0.1, 0.15) is 4.21 Å². The molecule has 1 N–H and O–H groups in total. The zero-order chi connectivity index (χ0) is 13.9. The van der Waals surface area contributed by atoms with E-state index in [0.717, 1.165) is 11.4 Å². The standard InChI is InChI=1S/C13H18N2O2S2/c1-3-9-15(4-2)19(16,17)13-8-7-12(18-13)10-14-11-5-6-11/h1,7-8,11,14H,4-6,9-10H2,2H3. The van der Waals surface area contributed by atoms with Gasteiger partial charge < -0.3 is 5.32 Å². The number of rotatable bonds is 7. The molecule has 0 saturated heterocycles. The highest BCUT2D eigenvalue weighted by Crippen LogP contribution is 2.26. The first-order valence-corrected chi connectivity index (χ1v) is 8.59. The molecule has 1 heterocycles. The maximum atomic E-state index is 12.3. The molecule has 0 bridgehead atoms. The molecule has 0 atom stereocenters. The van der Waals surface area contributed by atoms with E-state index in [1.165, 1.54) is 28.5 Å². The summed E-state index contributed by atoms with van der Waals surface area (Å²) in [5.41, 5.74) is 0. The summed E-state index contributed by atoms with van der Waals surface area (Å²) in [5.74, 6) is 2.39.